The molecule has 32 heavy (non-hydrogen) atoms. The van der Waals surface area contributed by atoms with Crippen molar-refractivity contribution in [3.05, 3.63) is 76.0 Å². The fourth-order valence-electron chi connectivity index (χ4n) is 5.26. The highest BCUT2D eigenvalue weighted by atomic mass is 16.5. The maximum atomic E-state index is 13.2. The van der Waals surface area contributed by atoms with Gasteiger partial charge in [-0.1, -0.05) is 18.2 Å². The number of aromatic amines is 1. The Bertz CT molecular complexity index is 1430. The van der Waals surface area contributed by atoms with Gasteiger partial charge in [0, 0.05) is 36.6 Å². The van der Waals surface area contributed by atoms with Gasteiger partial charge in [0.2, 0.25) is 0 Å². The highest BCUT2D eigenvalue weighted by Crippen LogP contribution is 2.43. The van der Waals surface area contributed by atoms with Crippen LogP contribution >= 0.6 is 0 Å². The lowest BCUT2D eigenvalue weighted by atomic mass is 9.83. The molecule has 0 radical (unpaired) electrons. The molecular weight excluding hydrogens is 404 g/mol. The third-order valence-corrected chi connectivity index (χ3v) is 7.02. The summed E-state index contributed by atoms with van der Waals surface area (Å²) in [7, 11) is 1.67. The van der Waals surface area contributed by atoms with Gasteiger partial charge in [0.25, 0.3) is 11.5 Å². The van der Waals surface area contributed by atoms with E-state index < -0.39 is 0 Å². The number of benzene rings is 2. The molecule has 2 aromatic heterocycles. The summed E-state index contributed by atoms with van der Waals surface area (Å²) < 4.78 is 7.80. The quantitative estimate of drug-likeness (QED) is 0.505. The molecule has 1 amide bonds. The number of nitrogens with zero attached hydrogens (tertiary/aromatic N) is 3. The molecular formula is C25H24N4O3. The van der Waals surface area contributed by atoms with Gasteiger partial charge in [-0.25, -0.2) is 4.98 Å². The predicted octanol–water partition coefficient (Wildman–Crippen LogP) is 3.12. The number of hydrogen-bond donors (Lipinski definition) is 1. The minimum absolute atomic E-state index is 0.0306. The molecule has 0 bridgehead atoms. The molecule has 4 aromatic rings. The lowest BCUT2D eigenvalue weighted by Crippen LogP contribution is -2.48. The van der Waals surface area contributed by atoms with Crippen molar-refractivity contribution in [2.24, 2.45) is 7.05 Å². The lowest BCUT2D eigenvalue weighted by molar-refractivity contribution is -0.0957. The normalized spacial score (nSPS) is 17.7. The molecule has 162 valence electrons. The zero-order valence-corrected chi connectivity index (χ0v) is 17.9. The van der Waals surface area contributed by atoms with Crippen LogP contribution in [0.3, 0.4) is 0 Å². The van der Waals surface area contributed by atoms with E-state index in [4.69, 9.17) is 4.74 Å². The monoisotopic (exact) mass is 428 g/mol. The van der Waals surface area contributed by atoms with Crippen LogP contribution in [-0.4, -0.2) is 45.0 Å². The van der Waals surface area contributed by atoms with Gasteiger partial charge in [-0.2, -0.15) is 0 Å². The third kappa shape index (κ3) is 2.81. The van der Waals surface area contributed by atoms with E-state index >= 15 is 0 Å². The number of piperidine rings is 1. The van der Waals surface area contributed by atoms with E-state index in [2.05, 4.69) is 28.2 Å². The summed E-state index contributed by atoms with van der Waals surface area (Å²) in [4.78, 5) is 35.3. The van der Waals surface area contributed by atoms with E-state index in [-0.39, 0.29) is 17.1 Å². The fraction of sp³-hybridized carbons (Fsp3) is 0.320. The summed E-state index contributed by atoms with van der Waals surface area (Å²) in [5, 5.41) is 1.80. The number of amides is 1. The molecule has 1 N–H and O–H groups in total. The van der Waals surface area contributed by atoms with Gasteiger partial charge in [-0.15, -0.1) is 0 Å². The van der Waals surface area contributed by atoms with Crippen LogP contribution < -0.4 is 5.56 Å². The number of fused-ring (bicyclic) bond motifs is 5. The Morgan fingerprint density at radius 3 is 2.78 bits per heavy atom. The molecule has 2 aliphatic rings. The summed E-state index contributed by atoms with van der Waals surface area (Å²) in [6.45, 7) is 1.94. The summed E-state index contributed by atoms with van der Waals surface area (Å²) in [5.41, 5.74) is 4.32. The second kappa shape index (κ2) is 7.03. The van der Waals surface area contributed by atoms with Gasteiger partial charge >= 0.3 is 0 Å². The van der Waals surface area contributed by atoms with Crippen LogP contribution in [0.2, 0.25) is 0 Å². The zero-order chi connectivity index (χ0) is 21.9. The first-order valence-electron chi connectivity index (χ1n) is 11.0. The molecule has 2 aromatic carbocycles. The predicted molar refractivity (Wildman–Crippen MR) is 122 cm³/mol. The maximum absolute atomic E-state index is 13.2. The third-order valence-electron chi connectivity index (χ3n) is 7.02. The molecule has 7 heteroatoms. The van der Waals surface area contributed by atoms with Crippen LogP contribution in [0, 0.1) is 0 Å². The molecule has 0 saturated carbocycles. The first-order valence-corrected chi connectivity index (χ1v) is 11.0. The van der Waals surface area contributed by atoms with Gasteiger partial charge < -0.3 is 19.2 Å². The molecule has 1 spiro atoms. The largest absolute Gasteiger partial charge is 0.368 e. The second-order valence-corrected chi connectivity index (χ2v) is 8.80. The van der Waals surface area contributed by atoms with Crippen LogP contribution in [0.5, 0.6) is 0 Å². The number of carbonyl (C=O) groups excluding carboxylic acids is 1. The van der Waals surface area contributed by atoms with Crippen LogP contribution in [0.15, 0.2) is 53.6 Å². The Kier molecular flexibility index (Phi) is 4.23. The number of likely N-dealkylation sites (tertiary alicyclic amines) is 1. The summed E-state index contributed by atoms with van der Waals surface area (Å²) >= 11 is 0. The van der Waals surface area contributed by atoms with Crippen molar-refractivity contribution in [1.82, 2.24) is 19.4 Å². The second-order valence-electron chi connectivity index (χ2n) is 8.80. The Balaban J connectivity index is 1.27. The first kappa shape index (κ1) is 19.3. The standard InChI is InChI=1S/C25H24N4O3/c1-28-15-26-21-14-16(6-7-19(21)24(28)31)23(30)29-11-9-25(10-12-29)22-18(8-13-32-25)17-4-2-3-5-20(17)27-22/h2-7,14-15,27H,8-13H2,1H3. The Hall–Kier alpha value is -3.45. The number of aromatic nitrogens is 3. The van der Waals surface area contributed by atoms with Crippen molar-refractivity contribution in [2.75, 3.05) is 19.7 Å². The highest BCUT2D eigenvalue weighted by molar-refractivity contribution is 5.97. The minimum Gasteiger partial charge on any atom is -0.368 e. The molecule has 4 heterocycles. The average Bonchev–Trinajstić information content (AvgIpc) is 3.22. The van der Waals surface area contributed by atoms with Crippen molar-refractivity contribution >= 4 is 27.7 Å². The number of hydrogen-bond acceptors (Lipinski definition) is 4. The Morgan fingerprint density at radius 2 is 1.94 bits per heavy atom. The number of H-pyrrole nitrogens is 1. The van der Waals surface area contributed by atoms with Gasteiger partial charge in [-0.3, -0.25) is 9.59 Å². The number of aryl methyl sites for hydroxylation is 1. The van der Waals surface area contributed by atoms with Crippen LogP contribution in [-0.2, 0) is 23.8 Å². The van der Waals surface area contributed by atoms with Crippen molar-refractivity contribution in [3.8, 4) is 0 Å². The van der Waals surface area contributed by atoms with E-state index in [0.717, 1.165) is 24.8 Å². The average molecular weight is 428 g/mol. The summed E-state index contributed by atoms with van der Waals surface area (Å²) in [5.74, 6) is -0.0306. The van der Waals surface area contributed by atoms with Crippen LogP contribution in [0.25, 0.3) is 21.8 Å². The molecule has 2 aliphatic heterocycles. The minimum atomic E-state index is -0.361. The molecule has 6 rings (SSSR count). The molecule has 7 nitrogen and oxygen atoms in total. The van der Waals surface area contributed by atoms with Crippen LogP contribution in [0.1, 0.15) is 34.5 Å². The Labute approximate surface area is 184 Å². The first-order chi connectivity index (χ1) is 15.6. The number of para-hydroxylation sites is 1. The topological polar surface area (TPSA) is 80.2 Å². The van der Waals surface area contributed by atoms with Gasteiger partial charge in [0.1, 0.15) is 5.60 Å². The van der Waals surface area contributed by atoms with Crippen molar-refractivity contribution < 1.29 is 9.53 Å². The van der Waals surface area contributed by atoms with Crippen molar-refractivity contribution in [1.29, 1.82) is 0 Å². The van der Waals surface area contributed by atoms with E-state index in [1.807, 2.05) is 11.0 Å². The van der Waals surface area contributed by atoms with Gasteiger partial charge in [-0.05, 0) is 49.1 Å². The lowest BCUT2D eigenvalue weighted by Gasteiger charge is -2.43. The molecule has 0 aliphatic carbocycles. The van der Waals surface area contributed by atoms with Crippen LogP contribution in [0.4, 0.5) is 0 Å². The SMILES string of the molecule is Cn1cnc2cc(C(=O)N3CCC4(CC3)OCCc3c4[nH]c4ccccc34)ccc2c1=O. The zero-order valence-electron chi connectivity index (χ0n) is 17.9. The summed E-state index contributed by atoms with van der Waals surface area (Å²) in [6.07, 6.45) is 3.91. The van der Waals surface area contributed by atoms with Crippen molar-refractivity contribution in [3.63, 3.8) is 0 Å². The number of ether oxygens (including phenoxy) is 1. The van der Waals surface area contributed by atoms with E-state index in [1.54, 1.807) is 25.2 Å². The van der Waals surface area contributed by atoms with Gasteiger partial charge in [0.05, 0.1) is 29.5 Å². The molecule has 0 atom stereocenters. The molecule has 0 unspecified atom stereocenters. The highest BCUT2D eigenvalue weighted by Gasteiger charge is 2.43. The number of carbonyl (C=O) groups is 1. The Morgan fingerprint density at radius 1 is 1.12 bits per heavy atom. The maximum Gasteiger partial charge on any atom is 0.260 e. The molecule has 1 saturated heterocycles. The number of rotatable bonds is 1. The number of nitrogens with one attached hydrogen (secondary N) is 1. The fourth-order valence-corrected chi connectivity index (χ4v) is 5.26. The van der Waals surface area contributed by atoms with E-state index in [0.29, 0.717) is 36.2 Å². The molecule has 1 fully saturated rings. The summed E-state index contributed by atoms with van der Waals surface area (Å²) in [6, 6.07) is 13.6. The van der Waals surface area contributed by atoms with E-state index in [9.17, 15) is 9.59 Å². The van der Waals surface area contributed by atoms with Gasteiger partial charge in [0.15, 0.2) is 0 Å². The smallest absolute Gasteiger partial charge is 0.260 e. The van der Waals surface area contributed by atoms with Crippen molar-refractivity contribution in [2.45, 2.75) is 24.9 Å². The van der Waals surface area contributed by atoms with E-state index in [1.165, 1.54) is 27.5 Å².